The number of carbonyl (C=O) groups excluding carboxylic acids is 2. The molecule has 17 nitrogen and oxygen atoms in total. The summed E-state index contributed by atoms with van der Waals surface area (Å²) in [5, 5.41) is 84.3. The van der Waals surface area contributed by atoms with E-state index in [1.807, 2.05) is 0 Å². The molecule has 6 rings (SSSR count). The van der Waals surface area contributed by atoms with Gasteiger partial charge in [0.1, 0.15) is 83.3 Å². The fraction of sp³-hybridized carbons (Fsp3) is 0.343. The first-order chi connectivity index (χ1) is 25.3. The summed E-state index contributed by atoms with van der Waals surface area (Å²) in [5.74, 6) is -1.79. The van der Waals surface area contributed by atoms with Crippen LogP contribution in [0.1, 0.15) is 17.2 Å². The molecule has 8 N–H and O–H groups in total. The first-order valence-electron chi connectivity index (χ1n) is 16.0. The maximum Gasteiger partial charge on any atom is 0.509 e. The second-order valence-electron chi connectivity index (χ2n) is 12.3. The quantitative estimate of drug-likeness (QED) is 0.0841. The molecule has 0 spiro atoms. The van der Waals surface area contributed by atoms with Crippen molar-refractivity contribution in [2.45, 2.75) is 67.8 Å². The topological polar surface area (TPSA) is 272 Å². The molecule has 2 aliphatic rings. The standard InChI is InChI=1S/C35H34O17S/c36-12-21-24(40)26(42)32(52-35(46)47-13-14-4-2-1-3-5-14)34(49-21)51-30-27(43)28(44)31(33(45)53)50-29(30)23-18(39)11-20-22(25(23)41)17(38)10-19(48-20)15-6-8-16(37)9-7-15/h1-11,21,24,26-32,34,36-37,39-44H,12-13H2,(H,45,53). The Morgan fingerprint density at radius 1 is 0.830 bits per heavy atom. The molecule has 0 amide bonds. The van der Waals surface area contributed by atoms with Crippen molar-refractivity contribution in [3.63, 3.8) is 0 Å². The fourth-order valence-electron chi connectivity index (χ4n) is 6.12. The molecule has 0 bridgehead atoms. The van der Waals surface area contributed by atoms with E-state index < -0.39 is 107 Å². The van der Waals surface area contributed by atoms with Gasteiger partial charge in [-0.15, -0.1) is 12.6 Å². The molecule has 18 heteroatoms. The largest absolute Gasteiger partial charge is 0.509 e. The summed E-state index contributed by atoms with van der Waals surface area (Å²) in [6.07, 6.45) is -20.7. The Balaban J connectivity index is 1.37. The van der Waals surface area contributed by atoms with Gasteiger partial charge < -0.3 is 69.0 Å². The second kappa shape index (κ2) is 15.7. The molecule has 10 atom stereocenters. The molecule has 0 aliphatic carbocycles. The van der Waals surface area contributed by atoms with Crippen LogP contribution in [0.25, 0.3) is 22.3 Å². The van der Waals surface area contributed by atoms with E-state index in [2.05, 4.69) is 12.6 Å². The second-order valence-corrected chi connectivity index (χ2v) is 12.7. The van der Waals surface area contributed by atoms with Gasteiger partial charge in [-0.3, -0.25) is 9.59 Å². The van der Waals surface area contributed by atoms with Crippen LogP contribution in [0.15, 0.2) is 75.9 Å². The van der Waals surface area contributed by atoms with Gasteiger partial charge in [-0.25, -0.2) is 4.79 Å². The van der Waals surface area contributed by atoms with Crippen molar-refractivity contribution in [2.75, 3.05) is 6.61 Å². The molecule has 2 aliphatic heterocycles. The smallest absolute Gasteiger partial charge is 0.508 e. The number of carbonyl (C=O) groups is 2. The minimum atomic E-state index is -2.14. The van der Waals surface area contributed by atoms with Crippen LogP contribution in [-0.4, -0.2) is 114 Å². The minimum absolute atomic E-state index is 0.00502. The molecular weight excluding hydrogens is 724 g/mol. The molecule has 282 valence electrons. The molecule has 0 radical (unpaired) electrons. The number of aliphatic hydroxyl groups is 5. The van der Waals surface area contributed by atoms with Gasteiger partial charge in [-0.1, -0.05) is 30.3 Å². The first-order valence-corrected chi connectivity index (χ1v) is 16.5. The van der Waals surface area contributed by atoms with Crippen molar-refractivity contribution in [2.24, 2.45) is 0 Å². The number of phenols is 3. The zero-order valence-electron chi connectivity index (χ0n) is 27.2. The van der Waals surface area contributed by atoms with E-state index >= 15 is 0 Å². The van der Waals surface area contributed by atoms with E-state index in [0.717, 1.165) is 12.1 Å². The molecular formula is C35H34O17S. The lowest BCUT2D eigenvalue weighted by Gasteiger charge is -2.46. The summed E-state index contributed by atoms with van der Waals surface area (Å²) in [5.41, 5.74) is -0.817. The van der Waals surface area contributed by atoms with Gasteiger partial charge in [0, 0.05) is 17.7 Å². The van der Waals surface area contributed by atoms with Crippen LogP contribution >= 0.6 is 12.6 Å². The van der Waals surface area contributed by atoms with Crippen molar-refractivity contribution < 1.29 is 78.5 Å². The highest BCUT2D eigenvalue weighted by Crippen LogP contribution is 2.46. The predicted octanol–water partition coefficient (Wildman–Crippen LogP) is 0.741. The van der Waals surface area contributed by atoms with Crippen molar-refractivity contribution in [1.82, 2.24) is 0 Å². The van der Waals surface area contributed by atoms with Gasteiger partial charge in [0.2, 0.25) is 5.12 Å². The van der Waals surface area contributed by atoms with Gasteiger partial charge in [0.05, 0.1) is 12.2 Å². The number of hydrogen-bond donors (Lipinski definition) is 9. The van der Waals surface area contributed by atoms with E-state index in [0.29, 0.717) is 11.1 Å². The highest BCUT2D eigenvalue weighted by molar-refractivity contribution is 7.96. The van der Waals surface area contributed by atoms with Crippen molar-refractivity contribution in [3.8, 4) is 28.6 Å². The number of aliphatic hydroxyl groups excluding tert-OH is 5. The molecule has 4 aromatic rings. The van der Waals surface area contributed by atoms with Crippen LogP contribution in [0.5, 0.6) is 17.2 Å². The average molecular weight is 759 g/mol. The monoisotopic (exact) mass is 758 g/mol. The van der Waals surface area contributed by atoms with Crippen LogP contribution < -0.4 is 5.43 Å². The van der Waals surface area contributed by atoms with Gasteiger partial charge >= 0.3 is 6.16 Å². The summed E-state index contributed by atoms with van der Waals surface area (Å²) in [6.45, 7) is -1.15. The van der Waals surface area contributed by atoms with Crippen molar-refractivity contribution in [1.29, 1.82) is 0 Å². The third-order valence-electron chi connectivity index (χ3n) is 8.83. The van der Waals surface area contributed by atoms with E-state index in [9.17, 15) is 55.2 Å². The van der Waals surface area contributed by atoms with Crippen LogP contribution in [0.2, 0.25) is 0 Å². The Morgan fingerprint density at radius 2 is 1.51 bits per heavy atom. The number of rotatable bonds is 9. The van der Waals surface area contributed by atoms with Crippen LogP contribution in [-0.2, 0) is 35.1 Å². The molecule has 2 fully saturated rings. The number of fused-ring (bicyclic) bond motifs is 1. The number of phenolic OH excluding ortho intramolecular Hbond substituents is 3. The number of hydrogen-bond acceptors (Lipinski definition) is 17. The fourth-order valence-corrected chi connectivity index (χ4v) is 6.33. The third-order valence-corrected chi connectivity index (χ3v) is 9.08. The summed E-state index contributed by atoms with van der Waals surface area (Å²) < 4.78 is 33.4. The lowest BCUT2D eigenvalue weighted by atomic mass is 9.89. The van der Waals surface area contributed by atoms with E-state index in [1.54, 1.807) is 30.3 Å². The highest BCUT2D eigenvalue weighted by Gasteiger charge is 2.54. The highest BCUT2D eigenvalue weighted by atomic mass is 32.1. The summed E-state index contributed by atoms with van der Waals surface area (Å²) in [6, 6.07) is 16.0. The number of benzene rings is 3. The van der Waals surface area contributed by atoms with Gasteiger partial charge in [-0.2, -0.15) is 0 Å². The first kappa shape index (κ1) is 38.0. The molecule has 2 saturated heterocycles. The molecule has 3 heterocycles. The van der Waals surface area contributed by atoms with Gasteiger partial charge in [-0.05, 0) is 29.8 Å². The number of thiol groups is 1. The van der Waals surface area contributed by atoms with E-state index in [1.165, 1.54) is 24.3 Å². The molecule has 1 aromatic heterocycles. The lowest BCUT2D eigenvalue weighted by molar-refractivity contribution is -0.340. The zero-order chi connectivity index (χ0) is 38.1. The van der Waals surface area contributed by atoms with Crippen molar-refractivity contribution >= 4 is 34.9 Å². The Morgan fingerprint density at radius 3 is 2.17 bits per heavy atom. The summed E-state index contributed by atoms with van der Waals surface area (Å²) in [7, 11) is 0. The maximum absolute atomic E-state index is 13.4. The Hall–Kier alpha value is -4.76. The summed E-state index contributed by atoms with van der Waals surface area (Å²) >= 11 is 3.71. The average Bonchev–Trinajstić information content (AvgIpc) is 3.13. The zero-order valence-corrected chi connectivity index (χ0v) is 28.1. The molecule has 53 heavy (non-hydrogen) atoms. The van der Waals surface area contributed by atoms with Crippen LogP contribution in [0.4, 0.5) is 4.79 Å². The third kappa shape index (κ3) is 7.67. The van der Waals surface area contributed by atoms with Crippen LogP contribution in [0, 0.1) is 0 Å². The molecule has 10 unspecified atom stereocenters. The normalized spacial score (nSPS) is 28.7. The van der Waals surface area contributed by atoms with E-state index in [4.69, 9.17) is 28.1 Å². The lowest BCUT2D eigenvalue weighted by Crippen LogP contribution is -2.63. The Labute approximate surface area is 304 Å². The van der Waals surface area contributed by atoms with Gasteiger partial charge in [0.15, 0.2) is 23.9 Å². The number of ether oxygens (including phenoxy) is 5. The van der Waals surface area contributed by atoms with Gasteiger partial charge in [0.25, 0.3) is 0 Å². The maximum atomic E-state index is 13.4. The SMILES string of the molecule is O=C(OCc1ccccc1)OC1C(OC2C(c3c(O)cc4oc(-c5ccc(O)cc5)cc(=O)c4c3O)OC(C(=O)S)C(O)C2O)OC(CO)C(O)C1O. The molecule has 3 aromatic carbocycles. The summed E-state index contributed by atoms with van der Waals surface area (Å²) in [4.78, 5) is 38.5. The predicted molar refractivity (Wildman–Crippen MR) is 181 cm³/mol. The Kier molecular flexibility index (Phi) is 11.2. The number of aromatic hydroxyl groups is 3. The van der Waals surface area contributed by atoms with Crippen molar-refractivity contribution in [3.05, 3.63) is 88.1 Å². The van der Waals surface area contributed by atoms with Crippen LogP contribution in [0.3, 0.4) is 0 Å². The van der Waals surface area contributed by atoms with E-state index in [-0.39, 0.29) is 23.7 Å². The molecule has 0 saturated carbocycles. The Bertz CT molecular complexity index is 2000. The minimum Gasteiger partial charge on any atom is -0.508 e.